The molecule has 0 saturated carbocycles. The van der Waals surface area contributed by atoms with E-state index in [1.807, 2.05) is 76.6 Å². The number of hydrogen-bond donors (Lipinski definition) is 0. The fourth-order valence-electron chi connectivity index (χ4n) is 4.03. The van der Waals surface area contributed by atoms with Crippen LogP contribution in [0.25, 0.3) is 4.96 Å². The second kappa shape index (κ2) is 9.71. The van der Waals surface area contributed by atoms with Gasteiger partial charge >= 0.3 is 0 Å². The average Bonchev–Trinajstić information content (AvgIpc) is 3.64. The molecule has 3 aromatic heterocycles. The lowest BCUT2D eigenvalue weighted by molar-refractivity contribution is 0.0722. The number of carbonyl (C=O) groups is 1. The molecule has 9 heteroatoms. The minimum atomic E-state index is -0.150. The van der Waals surface area contributed by atoms with E-state index in [1.54, 1.807) is 17.3 Å². The predicted octanol–water partition coefficient (Wildman–Crippen LogP) is 4.94. The van der Waals surface area contributed by atoms with E-state index in [1.165, 1.54) is 11.3 Å². The van der Waals surface area contributed by atoms with Crippen LogP contribution in [0.15, 0.2) is 84.6 Å². The predicted molar refractivity (Wildman–Crippen MR) is 134 cm³/mol. The Morgan fingerprint density at radius 1 is 1.03 bits per heavy atom. The van der Waals surface area contributed by atoms with Crippen LogP contribution in [-0.4, -0.2) is 32.0 Å². The molecule has 0 atom stereocenters. The lowest BCUT2D eigenvalue weighted by Gasteiger charge is -2.22. The highest BCUT2D eigenvalue weighted by atomic mass is 32.1. The molecule has 36 heavy (non-hydrogen) atoms. The van der Waals surface area contributed by atoms with E-state index in [0.29, 0.717) is 25.4 Å². The highest BCUT2D eigenvalue weighted by Crippen LogP contribution is 2.32. The summed E-state index contributed by atoms with van der Waals surface area (Å²) in [6.45, 7) is 1.39. The summed E-state index contributed by atoms with van der Waals surface area (Å²) < 4.78 is 18.7. The van der Waals surface area contributed by atoms with Gasteiger partial charge in [-0.1, -0.05) is 24.3 Å². The molecule has 0 N–H and O–H groups in total. The van der Waals surface area contributed by atoms with Gasteiger partial charge in [0.1, 0.15) is 18.1 Å². The van der Waals surface area contributed by atoms with E-state index in [9.17, 15) is 4.79 Å². The number of nitrogens with zero attached hydrogens (tertiary/aromatic N) is 4. The van der Waals surface area contributed by atoms with E-state index in [-0.39, 0.29) is 12.7 Å². The summed E-state index contributed by atoms with van der Waals surface area (Å²) in [7, 11) is 0. The van der Waals surface area contributed by atoms with Crippen LogP contribution < -0.4 is 14.2 Å². The average molecular weight is 499 g/mol. The maximum Gasteiger partial charge on any atom is 0.274 e. The van der Waals surface area contributed by atoms with E-state index >= 15 is 0 Å². The third-order valence-electron chi connectivity index (χ3n) is 5.79. The van der Waals surface area contributed by atoms with Crippen LogP contribution in [0.5, 0.6) is 17.2 Å². The fraction of sp³-hybridized carbons (Fsp3) is 0.148. The third kappa shape index (κ3) is 4.73. The van der Waals surface area contributed by atoms with Gasteiger partial charge in [0, 0.05) is 30.5 Å². The SMILES string of the molecule is O=C(c1cn2ccsc2n1)N(Cc1cccc(OCc2ccc3c(c2)OCO3)c1)Cc1ccccn1. The molecule has 0 unspecified atom stereocenters. The number of ether oxygens (including phenoxy) is 3. The summed E-state index contributed by atoms with van der Waals surface area (Å²) in [6.07, 6.45) is 5.40. The zero-order valence-electron chi connectivity index (χ0n) is 19.2. The van der Waals surface area contributed by atoms with Crippen LogP contribution in [0.1, 0.15) is 27.3 Å². The smallest absolute Gasteiger partial charge is 0.274 e. The first-order chi connectivity index (χ1) is 17.7. The molecule has 2 aromatic carbocycles. The van der Waals surface area contributed by atoms with Gasteiger partial charge in [-0.3, -0.25) is 14.2 Å². The minimum Gasteiger partial charge on any atom is -0.489 e. The van der Waals surface area contributed by atoms with Gasteiger partial charge in [-0.15, -0.1) is 11.3 Å². The maximum absolute atomic E-state index is 13.5. The fourth-order valence-corrected chi connectivity index (χ4v) is 4.73. The molecule has 0 fully saturated rings. The van der Waals surface area contributed by atoms with Gasteiger partial charge in [-0.25, -0.2) is 4.98 Å². The Labute approximate surface area is 211 Å². The molecular weight excluding hydrogens is 476 g/mol. The van der Waals surface area contributed by atoms with Crippen LogP contribution >= 0.6 is 11.3 Å². The molecule has 0 saturated heterocycles. The van der Waals surface area contributed by atoms with Crippen molar-refractivity contribution in [2.45, 2.75) is 19.7 Å². The quantitative estimate of drug-likeness (QED) is 0.302. The number of aromatic nitrogens is 3. The van der Waals surface area contributed by atoms with E-state index in [4.69, 9.17) is 14.2 Å². The maximum atomic E-state index is 13.5. The first-order valence-corrected chi connectivity index (χ1v) is 12.3. The van der Waals surface area contributed by atoms with Crippen LogP contribution in [-0.2, 0) is 19.7 Å². The molecule has 0 bridgehead atoms. The van der Waals surface area contributed by atoms with Gasteiger partial charge in [-0.05, 0) is 47.5 Å². The van der Waals surface area contributed by atoms with Crippen LogP contribution in [0.2, 0.25) is 0 Å². The van der Waals surface area contributed by atoms with Crippen molar-refractivity contribution in [3.05, 3.63) is 107 Å². The number of hydrogen-bond acceptors (Lipinski definition) is 7. The normalized spacial score (nSPS) is 12.1. The van der Waals surface area contributed by atoms with E-state index in [0.717, 1.165) is 39.0 Å². The number of benzene rings is 2. The van der Waals surface area contributed by atoms with Crippen molar-refractivity contribution in [1.82, 2.24) is 19.3 Å². The van der Waals surface area contributed by atoms with Gasteiger partial charge in [0.25, 0.3) is 5.91 Å². The molecule has 0 radical (unpaired) electrons. The van der Waals surface area contributed by atoms with E-state index < -0.39 is 0 Å². The van der Waals surface area contributed by atoms with Gasteiger partial charge < -0.3 is 19.1 Å². The second-order valence-corrected chi connectivity index (χ2v) is 9.20. The first kappa shape index (κ1) is 22.1. The number of fused-ring (bicyclic) bond motifs is 2. The third-order valence-corrected chi connectivity index (χ3v) is 6.56. The summed E-state index contributed by atoms with van der Waals surface area (Å²) >= 11 is 1.49. The largest absolute Gasteiger partial charge is 0.489 e. The number of carbonyl (C=O) groups excluding carboxylic acids is 1. The summed E-state index contributed by atoms with van der Waals surface area (Å²) in [5.74, 6) is 2.05. The Morgan fingerprint density at radius 3 is 2.86 bits per heavy atom. The van der Waals surface area contributed by atoms with Gasteiger partial charge in [-0.2, -0.15) is 0 Å². The lowest BCUT2D eigenvalue weighted by atomic mass is 10.1. The summed E-state index contributed by atoms with van der Waals surface area (Å²) in [4.78, 5) is 24.9. The van der Waals surface area contributed by atoms with Crippen molar-refractivity contribution in [3.63, 3.8) is 0 Å². The van der Waals surface area contributed by atoms with Gasteiger partial charge in [0.15, 0.2) is 16.5 Å². The van der Waals surface area contributed by atoms with Crippen molar-refractivity contribution in [2.24, 2.45) is 0 Å². The Morgan fingerprint density at radius 2 is 1.97 bits per heavy atom. The molecule has 1 aliphatic heterocycles. The number of imidazole rings is 1. The van der Waals surface area contributed by atoms with Gasteiger partial charge in [0.05, 0.1) is 12.2 Å². The molecule has 4 heterocycles. The molecule has 5 aromatic rings. The molecule has 1 aliphatic rings. The Hall–Kier alpha value is -4.37. The lowest BCUT2D eigenvalue weighted by Crippen LogP contribution is -2.30. The monoisotopic (exact) mass is 498 g/mol. The number of pyridine rings is 1. The summed E-state index contributed by atoms with van der Waals surface area (Å²) in [6, 6.07) is 19.2. The van der Waals surface area contributed by atoms with Crippen molar-refractivity contribution < 1.29 is 19.0 Å². The van der Waals surface area contributed by atoms with Crippen LogP contribution in [0.4, 0.5) is 0 Å². The zero-order chi connectivity index (χ0) is 24.3. The molecule has 0 aliphatic carbocycles. The number of rotatable bonds is 8. The van der Waals surface area contributed by atoms with Crippen LogP contribution in [0, 0.1) is 0 Å². The first-order valence-electron chi connectivity index (χ1n) is 11.4. The number of thiazole rings is 1. The summed E-state index contributed by atoms with van der Waals surface area (Å²) in [5, 5.41) is 1.94. The van der Waals surface area contributed by atoms with Crippen molar-refractivity contribution in [1.29, 1.82) is 0 Å². The zero-order valence-corrected chi connectivity index (χ0v) is 20.1. The topological polar surface area (TPSA) is 78.2 Å². The molecule has 0 spiro atoms. The molecule has 180 valence electrons. The second-order valence-electron chi connectivity index (χ2n) is 8.32. The highest BCUT2D eigenvalue weighted by molar-refractivity contribution is 7.15. The van der Waals surface area contributed by atoms with Crippen LogP contribution in [0.3, 0.4) is 0 Å². The van der Waals surface area contributed by atoms with Crippen molar-refractivity contribution >= 4 is 22.2 Å². The minimum absolute atomic E-state index is 0.150. The highest BCUT2D eigenvalue weighted by Gasteiger charge is 2.21. The molecular formula is C27H22N4O4S. The van der Waals surface area contributed by atoms with Crippen molar-refractivity contribution in [2.75, 3.05) is 6.79 Å². The standard InChI is InChI=1S/C27H22N4O4S/c32-26(23-16-30-10-11-36-27(30)29-23)31(15-21-5-1-2-9-28-21)14-19-4-3-6-22(12-19)33-17-20-7-8-24-25(13-20)35-18-34-24/h1-13,16H,14-15,17-18H2. The Kier molecular flexibility index (Phi) is 5.96. The summed E-state index contributed by atoms with van der Waals surface area (Å²) in [5.41, 5.74) is 3.15. The Balaban J connectivity index is 1.20. The molecule has 8 nitrogen and oxygen atoms in total. The van der Waals surface area contributed by atoms with Crippen molar-refractivity contribution in [3.8, 4) is 17.2 Å². The molecule has 6 rings (SSSR count). The molecule has 1 amide bonds. The number of amides is 1. The van der Waals surface area contributed by atoms with Gasteiger partial charge in [0.2, 0.25) is 6.79 Å². The van der Waals surface area contributed by atoms with E-state index in [2.05, 4.69) is 9.97 Å². The Bertz CT molecular complexity index is 1490.